The molecule has 0 spiro atoms. The number of nitrogens with one attached hydrogen (secondary N) is 1. The normalized spacial score (nSPS) is 16.3. The number of ketones is 1. The highest BCUT2D eigenvalue weighted by atomic mass is 16.3. The number of aromatic hydroxyl groups is 1. The molecule has 0 bridgehead atoms. The molecule has 2 N–H and O–H groups in total. The molecule has 4 nitrogen and oxygen atoms in total. The fourth-order valence-electron chi connectivity index (χ4n) is 3.94. The van der Waals surface area contributed by atoms with Gasteiger partial charge in [-0.2, -0.15) is 0 Å². The summed E-state index contributed by atoms with van der Waals surface area (Å²) in [4.78, 5) is 15.1. The Hall–Kier alpha value is -2.88. The first-order valence-corrected chi connectivity index (χ1v) is 10.9. The Labute approximate surface area is 186 Å². The number of likely N-dealkylation sites (tertiary alicyclic amines) is 1. The molecule has 1 fully saturated rings. The summed E-state index contributed by atoms with van der Waals surface area (Å²) in [5.41, 5.74) is 3.61. The molecule has 4 heteroatoms. The topological polar surface area (TPSA) is 64.4 Å². The largest absolute Gasteiger partial charge is 0.507 e. The number of carbonyl (C=O) groups is 1. The van der Waals surface area contributed by atoms with Gasteiger partial charge < -0.3 is 10.0 Å². The van der Waals surface area contributed by atoms with E-state index in [1.54, 1.807) is 0 Å². The number of Topliss-reactive ketones (excluding diaryl/α,β-unsaturated/α-hetero) is 1. The smallest absolute Gasteiger partial charge is 0.182 e. The van der Waals surface area contributed by atoms with Gasteiger partial charge in [0.2, 0.25) is 0 Å². The fourth-order valence-corrected chi connectivity index (χ4v) is 3.94. The van der Waals surface area contributed by atoms with Gasteiger partial charge in [0.25, 0.3) is 0 Å². The summed E-state index contributed by atoms with van der Waals surface area (Å²) in [6, 6.07) is 13.6. The Balaban J connectivity index is 1.87. The minimum absolute atomic E-state index is 0.0262. The van der Waals surface area contributed by atoms with Crippen LogP contribution in [0.1, 0.15) is 75.0 Å². The van der Waals surface area contributed by atoms with Crippen molar-refractivity contribution in [2.75, 3.05) is 13.1 Å². The minimum atomic E-state index is -0.285. The van der Waals surface area contributed by atoms with Crippen LogP contribution >= 0.6 is 0 Å². The van der Waals surface area contributed by atoms with Crippen molar-refractivity contribution in [3.63, 3.8) is 0 Å². The molecule has 31 heavy (non-hydrogen) atoms. The van der Waals surface area contributed by atoms with E-state index >= 15 is 0 Å². The average Bonchev–Trinajstić information content (AvgIpc) is 3.00. The summed E-state index contributed by atoms with van der Waals surface area (Å²) >= 11 is 0. The first-order chi connectivity index (χ1) is 14.4. The Morgan fingerprint density at radius 3 is 2.10 bits per heavy atom. The van der Waals surface area contributed by atoms with Crippen LogP contribution in [0.3, 0.4) is 0 Å². The molecule has 0 aromatic heterocycles. The van der Waals surface area contributed by atoms with E-state index in [1.807, 2.05) is 95.0 Å². The monoisotopic (exact) mass is 418 g/mol. The van der Waals surface area contributed by atoms with Crippen molar-refractivity contribution in [1.82, 2.24) is 4.90 Å². The molecule has 1 aliphatic heterocycles. The fraction of sp³-hybridized carbons (Fsp3) is 0.407. The standard InChI is InChI=1S/C27H34N2O2/c1-26(2,3)21-15-20(16-22(24(21)31)27(4,5)6)23(30)17-29-13-12-19(25(29)28)14-18-10-8-7-9-11-18/h7-11,14-16,28,31H,12-13,17H2,1-6H3/b19-14+,28-25?. The predicted molar refractivity (Wildman–Crippen MR) is 128 cm³/mol. The Morgan fingerprint density at radius 2 is 1.58 bits per heavy atom. The van der Waals surface area contributed by atoms with E-state index in [2.05, 4.69) is 0 Å². The number of phenols is 1. The maximum atomic E-state index is 13.2. The number of hydrogen-bond acceptors (Lipinski definition) is 3. The van der Waals surface area contributed by atoms with Crippen molar-refractivity contribution in [2.24, 2.45) is 0 Å². The lowest BCUT2D eigenvalue weighted by atomic mass is 9.78. The van der Waals surface area contributed by atoms with E-state index in [0.717, 1.165) is 28.7 Å². The van der Waals surface area contributed by atoms with Gasteiger partial charge in [-0.25, -0.2) is 0 Å². The van der Waals surface area contributed by atoms with E-state index in [4.69, 9.17) is 5.41 Å². The highest BCUT2D eigenvalue weighted by molar-refractivity contribution is 6.06. The molecule has 1 heterocycles. The van der Waals surface area contributed by atoms with E-state index in [1.165, 1.54) is 0 Å². The van der Waals surface area contributed by atoms with Gasteiger partial charge in [-0.15, -0.1) is 0 Å². The molecular formula is C27H34N2O2. The summed E-state index contributed by atoms with van der Waals surface area (Å²) in [5.74, 6) is 0.670. The van der Waals surface area contributed by atoms with E-state index < -0.39 is 0 Å². The third kappa shape index (κ3) is 5.07. The lowest BCUT2D eigenvalue weighted by molar-refractivity contribution is 0.0965. The highest BCUT2D eigenvalue weighted by Crippen LogP contribution is 2.40. The van der Waals surface area contributed by atoms with Gasteiger partial charge in [-0.3, -0.25) is 10.2 Å². The van der Waals surface area contributed by atoms with Crippen LogP contribution in [0.4, 0.5) is 0 Å². The van der Waals surface area contributed by atoms with E-state index in [9.17, 15) is 9.90 Å². The molecule has 164 valence electrons. The second-order valence-electron chi connectivity index (χ2n) is 10.4. The van der Waals surface area contributed by atoms with Gasteiger partial charge in [0, 0.05) is 23.2 Å². The summed E-state index contributed by atoms with van der Waals surface area (Å²) in [6.07, 6.45) is 2.79. The van der Waals surface area contributed by atoms with Crippen LogP contribution in [0, 0.1) is 5.41 Å². The lowest BCUT2D eigenvalue weighted by Crippen LogP contribution is -2.31. The van der Waals surface area contributed by atoms with Crippen LogP contribution < -0.4 is 0 Å². The van der Waals surface area contributed by atoms with Crippen molar-refractivity contribution >= 4 is 17.7 Å². The number of hydrogen-bond donors (Lipinski definition) is 2. The number of nitrogens with zero attached hydrogens (tertiary/aromatic N) is 1. The number of phenolic OH excluding ortho intramolecular Hbond substituents is 1. The van der Waals surface area contributed by atoms with Crippen LogP contribution in [0.2, 0.25) is 0 Å². The zero-order chi connectivity index (χ0) is 23.0. The van der Waals surface area contributed by atoms with Crippen LogP contribution in [-0.4, -0.2) is 34.7 Å². The van der Waals surface area contributed by atoms with Crippen molar-refractivity contribution in [1.29, 1.82) is 5.41 Å². The van der Waals surface area contributed by atoms with Crippen LogP contribution in [0.5, 0.6) is 5.75 Å². The summed E-state index contributed by atoms with van der Waals surface area (Å²) in [5, 5.41) is 19.5. The molecule has 2 aromatic rings. The van der Waals surface area contributed by atoms with Crippen LogP contribution in [0.25, 0.3) is 6.08 Å². The predicted octanol–water partition coefficient (Wildman–Crippen LogP) is 5.94. The maximum absolute atomic E-state index is 13.2. The van der Waals surface area contributed by atoms with Crippen molar-refractivity contribution in [3.8, 4) is 5.75 Å². The van der Waals surface area contributed by atoms with Crippen molar-refractivity contribution in [2.45, 2.75) is 58.8 Å². The van der Waals surface area contributed by atoms with E-state index in [-0.39, 0.29) is 28.9 Å². The molecule has 0 aliphatic carbocycles. The molecule has 0 unspecified atom stereocenters. The second-order valence-corrected chi connectivity index (χ2v) is 10.4. The molecule has 0 amide bonds. The molecule has 2 aromatic carbocycles. The molecule has 1 aliphatic rings. The number of rotatable bonds is 4. The van der Waals surface area contributed by atoms with Gasteiger partial charge >= 0.3 is 0 Å². The molecule has 0 atom stereocenters. The summed E-state index contributed by atoms with van der Waals surface area (Å²) in [6.45, 7) is 13.1. The Kier molecular flexibility index (Phi) is 6.13. The maximum Gasteiger partial charge on any atom is 0.182 e. The quantitative estimate of drug-likeness (QED) is 0.604. The third-order valence-corrected chi connectivity index (χ3v) is 5.79. The average molecular weight is 419 g/mol. The molecule has 1 saturated heterocycles. The lowest BCUT2D eigenvalue weighted by Gasteiger charge is -2.28. The highest BCUT2D eigenvalue weighted by Gasteiger charge is 2.29. The molecule has 0 radical (unpaired) electrons. The minimum Gasteiger partial charge on any atom is -0.507 e. The van der Waals surface area contributed by atoms with Gasteiger partial charge in [0.1, 0.15) is 11.6 Å². The summed E-state index contributed by atoms with van der Waals surface area (Å²) in [7, 11) is 0. The number of carbonyl (C=O) groups excluding carboxylic acids is 1. The number of benzene rings is 2. The first kappa shape index (κ1) is 22.8. The van der Waals surface area contributed by atoms with Crippen molar-refractivity contribution < 1.29 is 9.90 Å². The third-order valence-electron chi connectivity index (χ3n) is 5.79. The zero-order valence-electron chi connectivity index (χ0n) is 19.5. The van der Waals surface area contributed by atoms with E-state index in [0.29, 0.717) is 17.9 Å². The van der Waals surface area contributed by atoms with Crippen LogP contribution in [-0.2, 0) is 10.8 Å². The van der Waals surface area contributed by atoms with Gasteiger partial charge in [0.05, 0.1) is 6.54 Å². The number of amidine groups is 1. The van der Waals surface area contributed by atoms with Crippen molar-refractivity contribution in [3.05, 3.63) is 70.3 Å². The molecule has 0 saturated carbocycles. The second kappa shape index (κ2) is 8.33. The van der Waals surface area contributed by atoms with Crippen LogP contribution in [0.15, 0.2) is 48.0 Å². The van der Waals surface area contributed by atoms with Gasteiger partial charge in [0.15, 0.2) is 5.78 Å². The SMILES string of the molecule is CC(C)(C)c1cc(C(=O)CN2CC/C(=C\c3ccccc3)C2=N)cc(C(C)(C)C)c1O. The van der Waals surface area contributed by atoms with Gasteiger partial charge in [-0.1, -0.05) is 71.9 Å². The summed E-state index contributed by atoms with van der Waals surface area (Å²) < 4.78 is 0. The Morgan fingerprint density at radius 1 is 1.03 bits per heavy atom. The Bertz CT molecular complexity index is 986. The van der Waals surface area contributed by atoms with Gasteiger partial charge in [-0.05, 0) is 46.6 Å². The zero-order valence-corrected chi connectivity index (χ0v) is 19.5. The molecule has 3 rings (SSSR count). The first-order valence-electron chi connectivity index (χ1n) is 10.9. The molecular weight excluding hydrogens is 384 g/mol.